The quantitative estimate of drug-likeness (QED) is 0.368. The van der Waals surface area contributed by atoms with Crippen molar-refractivity contribution >= 4 is 29.9 Å². The second-order valence-corrected chi connectivity index (χ2v) is 5.26. The highest BCUT2D eigenvalue weighted by atomic mass is 127. The number of hydrogen-bond acceptors (Lipinski definition) is 2. The van der Waals surface area contributed by atoms with Crippen LogP contribution in [0.3, 0.4) is 0 Å². The number of hydrogen-bond donors (Lipinski definition) is 2. The van der Waals surface area contributed by atoms with Gasteiger partial charge in [-0.15, -0.1) is 24.0 Å². The fourth-order valence-electron chi connectivity index (χ4n) is 2.00. The molecule has 126 valence electrons. The second-order valence-electron chi connectivity index (χ2n) is 5.26. The number of aliphatic imine (C=N–C) groups is 1. The molecule has 0 amide bonds. The van der Waals surface area contributed by atoms with Crippen LogP contribution in [0.4, 0.5) is 0 Å². The molecule has 0 heterocycles. The fourth-order valence-corrected chi connectivity index (χ4v) is 2.00. The summed E-state index contributed by atoms with van der Waals surface area (Å²) in [7, 11) is 2.17. The first-order chi connectivity index (χ1) is 10.3. The maximum Gasteiger partial charge on any atom is 0.191 e. The van der Waals surface area contributed by atoms with Crippen molar-refractivity contribution in [3.8, 4) is 0 Å². The molecule has 5 heteroatoms. The Kier molecular flexibility index (Phi) is 13.3. The molecule has 22 heavy (non-hydrogen) atoms. The monoisotopic (exact) mass is 418 g/mol. The molecule has 0 atom stereocenters. The third kappa shape index (κ3) is 10.00. The molecular weight excluding hydrogens is 387 g/mol. The van der Waals surface area contributed by atoms with E-state index in [1.807, 2.05) is 18.2 Å². The number of unbranched alkanes of at least 4 members (excludes halogenated alkanes) is 1. The van der Waals surface area contributed by atoms with Gasteiger partial charge in [0, 0.05) is 19.6 Å². The molecule has 0 aliphatic rings. The zero-order valence-electron chi connectivity index (χ0n) is 14.1. The summed E-state index contributed by atoms with van der Waals surface area (Å²) in [4.78, 5) is 6.98. The SMILES string of the molecule is CCCCN(C)CCNC(=NCc1ccccc1)NCC.I. The lowest BCUT2D eigenvalue weighted by Crippen LogP contribution is -2.41. The van der Waals surface area contributed by atoms with E-state index < -0.39 is 0 Å². The summed E-state index contributed by atoms with van der Waals surface area (Å²) in [6, 6.07) is 10.3. The van der Waals surface area contributed by atoms with E-state index in [4.69, 9.17) is 0 Å². The van der Waals surface area contributed by atoms with Crippen LogP contribution in [0.1, 0.15) is 32.3 Å². The highest BCUT2D eigenvalue weighted by Crippen LogP contribution is 1.99. The number of likely N-dealkylation sites (N-methyl/N-ethyl adjacent to an activating group) is 1. The lowest BCUT2D eigenvalue weighted by molar-refractivity contribution is 0.332. The summed E-state index contributed by atoms with van der Waals surface area (Å²) in [5.41, 5.74) is 1.23. The number of rotatable bonds is 9. The number of nitrogens with one attached hydrogen (secondary N) is 2. The standard InChI is InChI=1S/C17H30N4.HI/c1-4-6-13-21(3)14-12-19-17(18-5-2)20-15-16-10-8-7-9-11-16;/h7-11H,4-6,12-15H2,1-3H3,(H2,18,19,20);1H. The smallest absolute Gasteiger partial charge is 0.191 e. The summed E-state index contributed by atoms with van der Waals surface area (Å²) in [6.45, 7) is 9.03. The van der Waals surface area contributed by atoms with E-state index in [0.29, 0.717) is 6.54 Å². The molecule has 0 unspecified atom stereocenters. The zero-order valence-corrected chi connectivity index (χ0v) is 16.5. The summed E-state index contributed by atoms with van der Waals surface area (Å²) in [5.74, 6) is 0.894. The van der Waals surface area contributed by atoms with Crippen LogP contribution in [0, 0.1) is 0 Å². The van der Waals surface area contributed by atoms with Crippen LogP contribution in [0.5, 0.6) is 0 Å². The van der Waals surface area contributed by atoms with Crippen LogP contribution >= 0.6 is 24.0 Å². The number of benzene rings is 1. The van der Waals surface area contributed by atoms with Crippen molar-refractivity contribution in [1.29, 1.82) is 0 Å². The first-order valence-electron chi connectivity index (χ1n) is 8.01. The van der Waals surface area contributed by atoms with Gasteiger partial charge in [0.1, 0.15) is 0 Å². The van der Waals surface area contributed by atoms with Gasteiger partial charge in [0.15, 0.2) is 5.96 Å². The summed E-state index contributed by atoms with van der Waals surface area (Å²) in [5, 5.41) is 6.69. The first kappa shape index (κ1) is 21.2. The Hall–Kier alpha value is -0.820. The van der Waals surface area contributed by atoms with Crippen molar-refractivity contribution in [1.82, 2.24) is 15.5 Å². The molecule has 0 fully saturated rings. The normalized spacial score (nSPS) is 11.2. The van der Waals surface area contributed by atoms with Gasteiger partial charge in [-0.05, 0) is 32.5 Å². The lowest BCUT2D eigenvalue weighted by atomic mass is 10.2. The Bertz CT molecular complexity index is 395. The second kappa shape index (κ2) is 13.8. The molecule has 0 saturated carbocycles. The van der Waals surface area contributed by atoms with Crippen molar-refractivity contribution in [2.24, 2.45) is 4.99 Å². The van der Waals surface area contributed by atoms with E-state index in [9.17, 15) is 0 Å². The maximum atomic E-state index is 4.62. The van der Waals surface area contributed by atoms with Crippen LogP contribution in [-0.2, 0) is 6.54 Å². The van der Waals surface area contributed by atoms with Crippen LogP contribution in [0.2, 0.25) is 0 Å². The zero-order chi connectivity index (χ0) is 15.3. The number of nitrogens with zero attached hydrogens (tertiary/aromatic N) is 2. The van der Waals surface area contributed by atoms with Gasteiger partial charge >= 0.3 is 0 Å². The molecule has 0 aromatic heterocycles. The predicted molar refractivity (Wildman–Crippen MR) is 107 cm³/mol. The summed E-state index contributed by atoms with van der Waals surface area (Å²) >= 11 is 0. The highest BCUT2D eigenvalue weighted by molar-refractivity contribution is 14.0. The van der Waals surface area contributed by atoms with Crippen molar-refractivity contribution < 1.29 is 0 Å². The van der Waals surface area contributed by atoms with Crippen molar-refractivity contribution in [2.45, 2.75) is 33.2 Å². The van der Waals surface area contributed by atoms with Crippen molar-refractivity contribution in [2.75, 3.05) is 33.2 Å². The number of guanidine groups is 1. The van der Waals surface area contributed by atoms with E-state index in [-0.39, 0.29) is 24.0 Å². The minimum Gasteiger partial charge on any atom is -0.357 e. The summed E-state index contributed by atoms with van der Waals surface area (Å²) in [6.07, 6.45) is 2.51. The molecule has 0 saturated heterocycles. The molecule has 0 aliphatic heterocycles. The first-order valence-corrected chi connectivity index (χ1v) is 8.01. The highest BCUT2D eigenvalue weighted by Gasteiger charge is 2.00. The van der Waals surface area contributed by atoms with Gasteiger partial charge in [-0.25, -0.2) is 4.99 Å². The molecule has 2 N–H and O–H groups in total. The third-order valence-corrected chi connectivity index (χ3v) is 3.29. The molecule has 1 aromatic rings. The third-order valence-electron chi connectivity index (χ3n) is 3.29. The lowest BCUT2D eigenvalue weighted by Gasteiger charge is -2.17. The van der Waals surface area contributed by atoms with Gasteiger partial charge in [-0.2, -0.15) is 0 Å². The Morgan fingerprint density at radius 3 is 2.45 bits per heavy atom. The molecule has 4 nitrogen and oxygen atoms in total. The van der Waals surface area contributed by atoms with Gasteiger partial charge in [-0.3, -0.25) is 0 Å². The molecule has 1 rings (SSSR count). The van der Waals surface area contributed by atoms with E-state index in [1.54, 1.807) is 0 Å². The Morgan fingerprint density at radius 1 is 1.09 bits per heavy atom. The Balaban J connectivity index is 0.00000441. The van der Waals surface area contributed by atoms with E-state index in [2.05, 4.69) is 53.6 Å². The minimum absolute atomic E-state index is 0. The van der Waals surface area contributed by atoms with Crippen LogP contribution < -0.4 is 10.6 Å². The average molecular weight is 418 g/mol. The molecule has 0 radical (unpaired) electrons. The summed E-state index contributed by atoms with van der Waals surface area (Å²) < 4.78 is 0. The average Bonchev–Trinajstić information content (AvgIpc) is 2.51. The molecule has 0 spiro atoms. The van der Waals surface area contributed by atoms with E-state index in [1.165, 1.54) is 18.4 Å². The van der Waals surface area contributed by atoms with Gasteiger partial charge in [0.25, 0.3) is 0 Å². The largest absolute Gasteiger partial charge is 0.357 e. The van der Waals surface area contributed by atoms with Gasteiger partial charge in [0.05, 0.1) is 6.54 Å². The maximum absolute atomic E-state index is 4.62. The number of halogens is 1. The van der Waals surface area contributed by atoms with Crippen LogP contribution in [0.25, 0.3) is 0 Å². The molecular formula is C17H31IN4. The van der Waals surface area contributed by atoms with Crippen LogP contribution in [0.15, 0.2) is 35.3 Å². The molecule has 1 aromatic carbocycles. The molecule has 0 aliphatic carbocycles. The van der Waals surface area contributed by atoms with Gasteiger partial charge in [0.2, 0.25) is 0 Å². The Morgan fingerprint density at radius 2 is 1.82 bits per heavy atom. The minimum atomic E-state index is 0. The predicted octanol–water partition coefficient (Wildman–Crippen LogP) is 3.09. The van der Waals surface area contributed by atoms with Crippen molar-refractivity contribution in [3.63, 3.8) is 0 Å². The van der Waals surface area contributed by atoms with Gasteiger partial charge in [-0.1, -0.05) is 43.7 Å². The van der Waals surface area contributed by atoms with E-state index in [0.717, 1.165) is 32.1 Å². The van der Waals surface area contributed by atoms with Crippen LogP contribution in [-0.4, -0.2) is 44.1 Å². The van der Waals surface area contributed by atoms with Gasteiger partial charge < -0.3 is 15.5 Å². The molecule has 0 bridgehead atoms. The fraction of sp³-hybridized carbons (Fsp3) is 0.588. The van der Waals surface area contributed by atoms with Crippen molar-refractivity contribution in [3.05, 3.63) is 35.9 Å². The topological polar surface area (TPSA) is 39.7 Å². The van der Waals surface area contributed by atoms with E-state index >= 15 is 0 Å². The Labute approximate surface area is 152 Å².